The van der Waals surface area contributed by atoms with Gasteiger partial charge < -0.3 is 10.4 Å². The number of carbonyl (C=O) groups excluding carboxylic acids is 1. The highest BCUT2D eigenvalue weighted by Crippen LogP contribution is 2.38. The van der Waals surface area contributed by atoms with E-state index in [1.54, 1.807) is 11.8 Å². The van der Waals surface area contributed by atoms with Gasteiger partial charge in [-0.1, -0.05) is 19.3 Å². The fourth-order valence-corrected chi connectivity index (χ4v) is 4.32. The number of carboxylic acids is 1. The molecular formula is C14H23NO3S. The van der Waals surface area contributed by atoms with E-state index in [0.29, 0.717) is 0 Å². The maximum atomic E-state index is 12.3. The number of hydrogen-bond donors (Lipinski definition) is 2. The number of nitrogens with one attached hydrogen (secondary N) is 1. The molecule has 0 spiro atoms. The zero-order chi connectivity index (χ0) is 13.9. The van der Waals surface area contributed by atoms with Crippen molar-refractivity contribution in [2.45, 2.75) is 62.7 Å². The number of thioether (sulfide) groups is 1. The molecule has 2 unspecified atom stereocenters. The molecule has 2 rings (SSSR count). The molecule has 2 aliphatic rings. The molecule has 1 saturated heterocycles. The first-order chi connectivity index (χ1) is 9.03. The van der Waals surface area contributed by atoms with Crippen molar-refractivity contribution in [2.24, 2.45) is 5.92 Å². The van der Waals surface area contributed by atoms with Crippen LogP contribution in [0.3, 0.4) is 0 Å². The van der Waals surface area contributed by atoms with E-state index in [4.69, 9.17) is 0 Å². The molecule has 19 heavy (non-hydrogen) atoms. The monoisotopic (exact) mass is 285 g/mol. The van der Waals surface area contributed by atoms with Crippen molar-refractivity contribution in [3.8, 4) is 0 Å². The lowest BCUT2D eigenvalue weighted by Crippen LogP contribution is -2.52. The average molecular weight is 285 g/mol. The predicted octanol–water partition coefficient (Wildman–Crippen LogP) is 2.42. The second-order valence-corrected chi connectivity index (χ2v) is 7.47. The highest BCUT2D eigenvalue weighted by atomic mass is 32.2. The molecule has 1 heterocycles. The highest BCUT2D eigenvalue weighted by molar-refractivity contribution is 8.01. The van der Waals surface area contributed by atoms with Crippen molar-refractivity contribution in [3.63, 3.8) is 0 Å². The lowest BCUT2D eigenvalue weighted by Gasteiger charge is -2.31. The van der Waals surface area contributed by atoms with Gasteiger partial charge in [0, 0.05) is 0 Å². The quantitative estimate of drug-likeness (QED) is 0.832. The smallest absolute Gasteiger partial charge is 0.326 e. The third-order valence-corrected chi connectivity index (χ3v) is 5.89. The fraction of sp³-hybridized carbons (Fsp3) is 0.857. The Morgan fingerprint density at radius 3 is 2.47 bits per heavy atom. The number of aliphatic carboxylic acids is 1. The van der Waals surface area contributed by atoms with Gasteiger partial charge in [0.15, 0.2) is 0 Å². The van der Waals surface area contributed by atoms with Gasteiger partial charge in [0.1, 0.15) is 6.04 Å². The first kappa shape index (κ1) is 14.7. The second kappa shape index (κ2) is 6.16. The Hall–Kier alpha value is -0.710. The van der Waals surface area contributed by atoms with Gasteiger partial charge in [0.25, 0.3) is 0 Å². The standard InChI is InChI=1S/C14H23NO3S/c1-14(8-5-9-19-14)13(18)15-11(12(16)17)10-6-3-2-4-7-10/h10-11H,2-9H2,1H3,(H,15,18)(H,16,17). The van der Waals surface area contributed by atoms with Crippen molar-refractivity contribution < 1.29 is 14.7 Å². The van der Waals surface area contributed by atoms with Crippen molar-refractivity contribution in [3.05, 3.63) is 0 Å². The zero-order valence-electron chi connectivity index (χ0n) is 11.5. The van der Waals surface area contributed by atoms with Crippen LogP contribution in [0.4, 0.5) is 0 Å². The van der Waals surface area contributed by atoms with Gasteiger partial charge in [0.05, 0.1) is 4.75 Å². The van der Waals surface area contributed by atoms with Crippen LogP contribution in [-0.2, 0) is 9.59 Å². The molecule has 1 aliphatic heterocycles. The topological polar surface area (TPSA) is 66.4 Å². The van der Waals surface area contributed by atoms with Crippen molar-refractivity contribution in [2.75, 3.05) is 5.75 Å². The van der Waals surface area contributed by atoms with Crippen LogP contribution in [0.25, 0.3) is 0 Å². The SMILES string of the molecule is CC1(C(=O)NC(C(=O)O)C2CCCCC2)CCCS1. The molecule has 0 bridgehead atoms. The number of carboxylic acid groups (broad SMARTS) is 1. The Morgan fingerprint density at radius 1 is 1.26 bits per heavy atom. The minimum absolute atomic E-state index is 0.0898. The molecule has 1 amide bonds. The summed E-state index contributed by atoms with van der Waals surface area (Å²) in [7, 11) is 0. The molecular weight excluding hydrogens is 262 g/mol. The maximum Gasteiger partial charge on any atom is 0.326 e. The van der Waals surface area contributed by atoms with Gasteiger partial charge in [-0.25, -0.2) is 4.79 Å². The summed E-state index contributed by atoms with van der Waals surface area (Å²) in [5.74, 6) is 0.121. The largest absolute Gasteiger partial charge is 0.480 e. The normalized spacial score (nSPS) is 29.9. The number of hydrogen-bond acceptors (Lipinski definition) is 3. The first-order valence-electron chi connectivity index (χ1n) is 7.21. The summed E-state index contributed by atoms with van der Waals surface area (Å²) in [6.45, 7) is 1.93. The molecule has 0 aromatic carbocycles. The molecule has 2 atom stereocenters. The minimum Gasteiger partial charge on any atom is -0.480 e. The van der Waals surface area contributed by atoms with Gasteiger partial charge in [0.2, 0.25) is 5.91 Å². The Labute approximate surface area is 118 Å². The van der Waals surface area contributed by atoms with Gasteiger partial charge in [-0.2, -0.15) is 0 Å². The van der Waals surface area contributed by atoms with E-state index in [0.717, 1.165) is 44.3 Å². The lowest BCUT2D eigenvalue weighted by molar-refractivity contribution is -0.144. The van der Waals surface area contributed by atoms with E-state index >= 15 is 0 Å². The van der Waals surface area contributed by atoms with E-state index in [2.05, 4.69) is 5.32 Å². The highest BCUT2D eigenvalue weighted by Gasteiger charge is 2.40. The molecule has 1 aliphatic carbocycles. The minimum atomic E-state index is -0.883. The predicted molar refractivity (Wildman–Crippen MR) is 76.2 cm³/mol. The summed E-state index contributed by atoms with van der Waals surface area (Å²) in [6.07, 6.45) is 7.06. The zero-order valence-corrected chi connectivity index (χ0v) is 12.3. The van der Waals surface area contributed by atoms with E-state index < -0.39 is 16.8 Å². The lowest BCUT2D eigenvalue weighted by atomic mass is 9.83. The first-order valence-corrected chi connectivity index (χ1v) is 8.19. The summed E-state index contributed by atoms with van der Waals surface area (Å²) in [5.41, 5.74) is 0. The Balaban J connectivity index is 1.99. The van der Waals surface area contributed by atoms with Crippen LogP contribution in [0.5, 0.6) is 0 Å². The molecule has 4 nitrogen and oxygen atoms in total. The van der Waals surface area contributed by atoms with Crippen LogP contribution in [0.1, 0.15) is 51.9 Å². The average Bonchev–Trinajstić information content (AvgIpc) is 2.84. The van der Waals surface area contributed by atoms with E-state index in [9.17, 15) is 14.7 Å². The molecule has 1 saturated carbocycles. The number of rotatable bonds is 4. The molecule has 0 radical (unpaired) electrons. The van der Waals surface area contributed by atoms with Gasteiger partial charge in [-0.15, -0.1) is 11.8 Å². The van der Waals surface area contributed by atoms with Crippen LogP contribution in [0, 0.1) is 5.92 Å². The van der Waals surface area contributed by atoms with E-state index in [1.165, 1.54) is 6.42 Å². The van der Waals surface area contributed by atoms with Gasteiger partial charge in [-0.3, -0.25) is 4.79 Å². The van der Waals surface area contributed by atoms with Crippen molar-refractivity contribution >= 4 is 23.6 Å². The van der Waals surface area contributed by atoms with Crippen LogP contribution in [0.2, 0.25) is 0 Å². The fourth-order valence-electron chi connectivity index (χ4n) is 3.10. The van der Waals surface area contributed by atoms with E-state index in [-0.39, 0.29) is 11.8 Å². The molecule has 2 N–H and O–H groups in total. The molecule has 0 aromatic rings. The van der Waals surface area contributed by atoms with Crippen LogP contribution < -0.4 is 5.32 Å². The van der Waals surface area contributed by atoms with Crippen LogP contribution >= 0.6 is 11.8 Å². The second-order valence-electron chi connectivity index (χ2n) is 5.87. The Morgan fingerprint density at radius 2 is 1.95 bits per heavy atom. The van der Waals surface area contributed by atoms with Gasteiger partial charge in [-0.05, 0) is 44.3 Å². The number of carbonyl (C=O) groups is 2. The number of amides is 1. The summed E-state index contributed by atoms with van der Waals surface area (Å²) in [5, 5.41) is 12.2. The molecule has 5 heteroatoms. The third-order valence-electron chi connectivity index (χ3n) is 4.37. The third kappa shape index (κ3) is 3.44. The molecule has 0 aromatic heterocycles. The molecule has 2 fully saturated rings. The van der Waals surface area contributed by atoms with Crippen LogP contribution in [0.15, 0.2) is 0 Å². The van der Waals surface area contributed by atoms with Gasteiger partial charge >= 0.3 is 5.97 Å². The molecule has 108 valence electrons. The summed E-state index contributed by atoms with van der Waals surface area (Å²) < 4.78 is -0.428. The summed E-state index contributed by atoms with van der Waals surface area (Å²) >= 11 is 1.65. The summed E-state index contributed by atoms with van der Waals surface area (Å²) in [6, 6.07) is -0.703. The van der Waals surface area contributed by atoms with Crippen molar-refractivity contribution in [1.29, 1.82) is 0 Å². The maximum absolute atomic E-state index is 12.3. The van der Waals surface area contributed by atoms with E-state index in [1.807, 2.05) is 6.92 Å². The van der Waals surface area contributed by atoms with Crippen LogP contribution in [-0.4, -0.2) is 33.5 Å². The Kier molecular flexibility index (Phi) is 4.76. The summed E-state index contributed by atoms with van der Waals surface area (Å²) in [4.78, 5) is 23.8. The Bertz CT molecular complexity index is 347. The van der Waals surface area contributed by atoms with Crippen molar-refractivity contribution in [1.82, 2.24) is 5.32 Å².